The largest absolute Gasteiger partial charge is 0.351 e. The molecule has 1 amide bonds. The standard InChI is InChI=1S/C11H17N3OS/c1-8-10(16-7-14-8)6-13-11(15)9-3-2-4-12-5-9/h7,9,12H,2-6H2,1H3,(H,13,15)/t9-/m1/s1. The van der Waals surface area contributed by atoms with E-state index in [1.54, 1.807) is 11.3 Å². The molecular weight excluding hydrogens is 222 g/mol. The first-order chi connectivity index (χ1) is 7.77. The average Bonchev–Trinajstić information content (AvgIpc) is 2.73. The van der Waals surface area contributed by atoms with Crippen LogP contribution in [0, 0.1) is 12.8 Å². The van der Waals surface area contributed by atoms with E-state index in [4.69, 9.17) is 0 Å². The third-order valence-corrected chi connectivity index (χ3v) is 3.87. The zero-order chi connectivity index (χ0) is 11.4. The number of carbonyl (C=O) groups is 1. The molecule has 1 aliphatic rings. The fourth-order valence-corrected chi connectivity index (χ4v) is 2.60. The number of nitrogens with zero attached hydrogens (tertiary/aromatic N) is 1. The average molecular weight is 239 g/mol. The van der Waals surface area contributed by atoms with Gasteiger partial charge in [-0.05, 0) is 26.3 Å². The first kappa shape index (κ1) is 11.5. The summed E-state index contributed by atoms with van der Waals surface area (Å²) >= 11 is 1.60. The smallest absolute Gasteiger partial charge is 0.224 e. The van der Waals surface area contributed by atoms with Crippen molar-refractivity contribution in [3.05, 3.63) is 16.1 Å². The zero-order valence-corrected chi connectivity index (χ0v) is 10.3. The molecule has 2 N–H and O–H groups in total. The van der Waals surface area contributed by atoms with E-state index in [2.05, 4.69) is 15.6 Å². The van der Waals surface area contributed by atoms with Crippen LogP contribution in [0.25, 0.3) is 0 Å². The van der Waals surface area contributed by atoms with Crippen molar-refractivity contribution in [2.24, 2.45) is 5.92 Å². The van der Waals surface area contributed by atoms with Crippen LogP contribution in [0.5, 0.6) is 0 Å². The number of hydrogen-bond acceptors (Lipinski definition) is 4. The molecule has 2 heterocycles. The quantitative estimate of drug-likeness (QED) is 0.829. The van der Waals surface area contributed by atoms with Gasteiger partial charge in [0, 0.05) is 11.4 Å². The predicted molar refractivity (Wildman–Crippen MR) is 64.3 cm³/mol. The van der Waals surface area contributed by atoms with Crippen molar-refractivity contribution < 1.29 is 4.79 Å². The molecule has 2 rings (SSSR count). The highest BCUT2D eigenvalue weighted by Crippen LogP contribution is 2.13. The van der Waals surface area contributed by atoms with E-state index in [1.807, 2.05) is 12.4 Å². The summed E-state index contributed by atoms with van der Waals surface area (Å²) < 4.78 is 0. The molecule has 0 aliphatic carbocycles. The van der Waals surface area contributed by atoms with Crippen LogP contribution in [-0.2, 0) is 11.3 Å². The lowest BCUT2D eigenvalue weighted by atomic mass is 9.99. The first-order valence-electron chi connectivity index (χ1n) is 5.65. The van der Waals surface area contributed by atoms with E-state index in [9.17, 15) is 4.79 Å². The number of thiazole rings is 1. The van der Waals surface area contributed by atoms with Gasteiger partial charge in [-0.15, -0.1) is 11.3 Å². The van der Waals surface area contributed by atoms with Crippen LogP contribution in [0.3, 0.4) is 0 Å². The molecule has 1 fully saturated rings. The highest BCUT2D eigenvalue weighted by molar-refractivity contribution is 7.09. The third kappa shape index (κ3) is 2.80. The lowest BCUT2D eigenvalue weighted by molar-refractivity contribution is -0.125. The molecule has 1 aromatic heterocycles. The molecule has 5 heteroatoms. The van der Waals surface area contributed by atoms with Gasteiger partial charge in [-0.1, -0.05) is 0 Å². The number of amides is 1. The lowest BCUT2D eigenvalue weighted by Gasteiger charge is -2.21. The normalized spacial score (nSPS) is 20.7. The minimum atomic E-state index is 0.141. The number of nitrogens with one attached hydrogen (secondary N) is 2. The Morgan fingerprint density at radius 3 is 3.25 bits per heavy atom. The molecule has 1 aromatic rings. The topological polar surface area (TPSA) is 54.0 Å². The Morgan fingerprint density at radius 2 is 2.62 bits per heavy atom. The predicted octanol–water partition coefficient (Wildman–Crippen LogP) is 1.07. The Balaban J connectivity index is 1.81. The van der Waals surface area contributed by atoms with Crippen LogP contribution in [0.1, 0.15) is 23.4 Å². The molecule has 0 radical (unpaired) electrons. The maximum absolute atomic E-state index is 11.8. The SMILES string of the molecule is Cc1ncsc1CNC(=O)[C@@H]1CCCNC1. The van der Waals surface area contributed by atoms with E-state index in [0.717, 1.165) is 36.5 Å². The summed E-state index contributed by atoms with van der Waals surface area (Å²) in [4.78, 5) is 17.1. The van der Waals surface area contributed by atoms with Gasteiger partial charge in [-0.2, -0.15) is 0 Å². The summed E-state index contributed by atoms with van der Waals surface area (Å²) in [6.07, 6.45) is 2.10. The highest BCUT2D eigenvalue weighted by atomic mass is 32.1. The summed E-state index contributed by atoms with van der Waals surface area (Å²) in [6, 6.07) is 0. The molecule has 1 aliphatic heterocycles. The Hall–Kier alpha value is -0.940. The minimum absolute atomic E-state index is 0.141. The van der Waals surface area contributed by atoms with Crippen molar-refractivity contribution in [3.63, 3.8) is 0 Å². The molecule has 0 bridgehead atoms. The number of hydrogen-bond donors (Lipinski definition) is 2. The van der Waals surface area contributed by atoms with Gasteiger partial charge in [0.1, 0.15) is 0 Å². The fourth-order valence-electron chi connectivity index (χ4n) is 1.88. The Kier molecular flexibility index (Phi) is 3.90. The molecule has 0 spiro atoms. The number of aryl methyl sites for hydroxylation is 1. The summed E-state index contributed by atoms with van der Waals surface area (Å²) in [5.41, 5.74) is 2.84. The van der Waals surface area contributed by atoms with Crippen LogP contribution in [-0.4, -0.2) is 24.0 Å². The van der Waals surface area contributed by atoms with Crippen LogP contribution in [0.4, 0.5) is 0 Å². The lowest BCUT2D eigenvalue weighted by Crippen LogP contribution is -2.40. The fraction of sp³-hybridized carbons (Fsp3) is 0.636. The molecule has 88 valence electrons. The first-order valence-corrected chi connectivity index (χ1v) is 6.52. The summed E-state index contributed by atoms with van der Waals surface area (Å²) in [5.74, 6) is 0.307. The van der Waals surface area contributed by atoms with Crippen molar-refractivity contribution in [2.45, 2.75) is 26.3 Å². The molecule has 1 atom stereocenters. The summed E-state index contributed by atoms with van der Waals surface area (Å²) in [7, 11) is 0. The Morgan fingerprint density at radius 1 is 1.75 bits per heavy atom. The Labute approximate surface area is 99.5 Å². The van der Waals surface area contributed by atoms with Crippen molar-refractivity contribution >= 4 is 17.2 Å². The van der Waals surface area contributed by atoms with Crippen LogP contribution >= 0.6 is 11.3 Å². The molecule has 16 heavy (non-hydrogen) atoms. The van der Waals surface area contributed by atoms with Gasteiger partial charge in [0.2, 0.25) is 5.91 Å². The Bertz CT molecular complexity index is 358. The van der Waals surface area contributed by atoms with Crippen LogP contribution in [0.2, 0.25) is 0 Å². The molecule has 0 unspecified atom stereocenters. The molecule has 0 saturated carbocycles. The molecular formula is C11H17N3OS. The van der Waals surface area contributed by atoms with Gasteiger partial charge in [0.25, 0.3) is 0 Å². The van der Waals surface area contributed by atoms with Crippen molar-refractivity contribution in [1.29, 1.82) is 0 Å². The summed E-state index contributed by atoms with van der Waals surface area (Å²) in [6.45, 7) is 4.44. The third-order valence-electron chi connectivity index (χ3n) is 2.94. The summed E-state index contributed by atoms with van der Waals surface area (Å²) in [5, 5.41) is 6.24. The number of carbonyl (C=O) groups excluding carboxylic acids is 1. The van der Waals surface area contributed by atoms with E-state index >= 15 is 0 Å². The van der Waals surface area contributed by atoms with Gasteiger partial charge in [0.15, 0.2) is 0 Å². The van der Waals surface area contributed by atoms with Crippen molar-refractivity contribution in [1.82, 2.24) is 15.6 Å². The number of piperidine rings is 1. The minimum Gasteiger partial charge on any atom is -0.351 e. The zero-order valence-electron chi connectivity index (χ0n) is 9.45. The monoisotopic (exact) mass is 239 g/mol. The number of aromatic nitrogens is 1. The van der Waals surface area contributed by atoms with E-state index in [-0.39, 0.29) is 11.8 Å². The van der Waals surface area contributed by atoms with Gasteiger partial charge >= 0.3 is 0 Å². The van der Waals surface area contributed by atoms with Crippen LogP contribution in [0.15, 0.2) is 5.51 Å². The van der Waals surface area contributed by atoms with Crippen molar-refractivity contribution in [2.75, 3.05) is 13.1 Å². The van der Waals surface area contributed by atoms with E-state index in [0.29, 0.717) is 6.54 Å². The van der Waals surface area contributed by atoms with E-state index < -0.39 is 0 Å². The van der Waals surface area contributed by atoms with Gasteiger partial charge < -0.3 is 10.6 Å². The highest BCUT2D eigenvalue weighted by Gasteiger charge is 2.20. The maximum atomic E-state index is 11.8. The van der Waals surface area contributed by atoms with Gasteiger partial charge in [-0.25, -0.2) is 4.98 Å². The second-order valence-electron chi connectivity index (χ2n) is 4.12. The van der Waals surface area contributed by atoms with E-state index in [1.165, 1.54) is 0 Å². The van der Waals surface area contributed by atoms with Crippen LogP contribution < -0.4 is 10.6 Å². The maximum Gasteiger partial charge on any atom is 0.224 e. The van der Waals surface area contributed by atoms with Gasteiger partial charge in [-0.3, -0.25) is 4.79 Å². The second kappa shape index (κ2) is 5.41. The molecule has 4 nitrogen and oxygen atoms in total. The van der Waals surface area contributed by atoms with Crippen molar-refractivity contribution in [3.8, 4) is 0 Å². The molecule has 0 aromatic carbocycles. The number of rotatable bonds is 3. The molecule has 1 saturated heterocycles. The van der Waals surface area contributed by atoms with Gasteiger partial charge in [0.05, 0.1) is 23.7 Å². The second-order valence-corrected chi connectivity index (χ2v) is 5.06.